The summed E-state index contributed by atoms with van der Waals surface area (Å²) in [5.41, 5.74) is 3.73. The Labute approximate surface area is 182 Å². The van der Waals surface area contributed by atoms with E-state index >= 15 is 0 Å². The minimum absolute atomic E-state index is 0.0889. The molecule has 0 spiro atoms. The molecule has 5 rings (SSSR count). The molecule has 3 aliphatic heterocycles. The summed E-state index contributed by atoms with van der Waals surface area (Å²) in [5.74, 6) is 0.692. The standard InChI is InChI=1S/C22H28N6OS/c1-15-3-4-16(13-23-15)18-5-6-19-20(25-18)28(22(30)9-12-27(19)14-22)21(29)24-17-7-10-26(2)11-8-17/h3-6,13,17,30H,7-12,14H2,1-2H3,(H,24,29)/t22-/m1/s1. The average molecular weight is 425 g/mol. The molecule has 2 fully saturated rings. The molecule has 1 atom stereocenters. The van der Waals surface area contributed by atoms with Crippen molar-refractivity contribution in [2.75, 3.05) is 43.0 Å². The summed E-state index contributed by atoms with van der Waals surface area (Å²) in [6.07, 6.45) is 4.59. The van der Waals surface area contributed by atoms with Crippen LogP contribution >= 0.6 is 12.6 Å². The maximum atomic E-state index is 13.5. The highest BCUT2D eigenvalue weighted by Gasteiger charge is 2.50. The summed E-state index contributed by atoms with van der Waals surface area (Å²) in [7, 11) is 2.13. The van der Waals surface area contributed by atoms with Crippen molar-refractivity contribution >= 4 is 30.2 Å². The number of carbonyl (C=O) groups is 1. The van der Waals surface area contributed by atoms with Crippen LogP contribution < -0.4 is 15.1 Å². The van der Waals surface area contributed by atoms with Gasteiger partial charge < -0.3 is 15.1 Å². The molecule has 0 saturated carbocycles. The van der Waals surface area contributed by atoms with E-state index in [0.29, 0.717) is 5.82 Å². The number of carbonyl (C=O) groups excluding carboxylic acids is 1. The molecule has 0 aliphatic carbocycles. The smallest absolute Gasteiger partial charge is 0.324 e. The topological polar surface area (TPSA) is 64.6 Å². The Kier molecular flexibility index (Phi) is 4.86. The Morgan fingerprint density at radius 2 is 2.00 bits per heavy atom. The number of rotatable bonds is 2. The van der Waals surface area contributed by atoms with Gasteiger partial charge in [-0.15, -0.1) is 12.6 Å². The number of nitrogens with zero attached hydrogens (tertiary/aromatic N) is 5. The number of hydrogen-bond acceptors (Lipinski definition) is 6. The first kappa shape index (κ1) is 19.6. The maximum Gasteiger partial charge on any atom is 0.324 e. The summed E-state index contributed by atoms with van der Waals surface area (Å²) in [4.78, 5) is 28.7. The number of likely N-dealkylation sites (tertiary alicyclic amines) is 1. The summed E-state index contributed by atoms with van der Waals surface area (Å²) in [5, 5.41) is 3.27. The first-order valence-electron chi connectivity index (χ1n) is 10.6. The van der Waals surface area contributed by atoms with Crippen LogP contribution in [0, 0.1) is 6.92 Å². The molecule has 5 heterocycles. The first-order valence-corrected chi connectivity index (χ1v) is 11.1. The average Bonchev–Trinajstić information content (AvgIpc) is 3.07. The number of urea groups is 1. The summed E-state index contributed by atoms with van der Waals surface area (Å²) in [6.45, 7) is 5.57. The molecule has 2 amide bonds. The number of hydrogen-bond donors (Lipinski definition) is 2. The molecule has 2 aromatic rings. The van der Waals surface area contributed by atoms with Crippen molar-refractivity contribution in [3.05, 3.63) is 36.2 Å². The molecule has 30 heavy (non-hydrogen) atoms. The predicted octanol–water partition coefficient (Wildman–Crippen LogP) is 2.91. The second-order valence-electron chi connectivity index (χ2n) is 8.74. The van der Waals surface area contributed by atoms with Gasteiger partial charge in [0, 0.05) is 30.0 Å². The zero-order chi connectivity index (χ0) is 20.9. The Morgan fingerprint density at radius 1 is 1.20 bits per heavy atom. The Bertz CT molecular complexity index is 959. The van der Waals surface area contributed by atoms with E-state index < -0.39 is 4.87 Å². The lowest BCUT2D eigenvalue weighted by Gasteiger charge is -2.43. The molecule has 2 aromatic heterocycles. The summed E-state index contributed by atoms with van der Waals surface area (Å²) < 4.78 is 0. The highest BCUT2D eigenvalue weighted by Crippen LogP contribution is 2.47. The third-order valence-electron chi connectivity index (χ3n) is 6.51. The van der Waals surface area contributed by atoms with Gasteiger partial charge in [0.25, 0.3) is 0 Å². The number of amides is 2. The minimum Gasteiger partial charge on any atom is -0.365 e. The van der Waals surface area contributed by atoms with E-state index in [9.17, 15) is 4.79 Å². The lowest BCUT2D eigenvalue weighted by Crippen LogP contribution is -2.59. The maximum absolute atomic E-state index is 13.5. The lowest BCUT2D eigenvalue weighted by atomic mass is 10.1. The van der Waals surface area contributed by atoms with Crippen LogP contribution in [-0.4, -0.2) is 65.0 Å². The van der Waals surface area contributed by atoms with Gasteiger partial charge >= 0.3 is 6.03 Å². The van der Waals surface area contributed by atoms with Gasteiger partial charge in [0.15, 0.2) is 5.82 Å². The van der Waals surface area contributed by atoms with Crippen LogP contribution in [0.4, 0.5) is 16.3 Å². The van der Waals surface area contributed by atoms with Gasteiger partial charge in [-0.3, -0.25) is 9.88 Å². The van der Waals surface area contributed by atoms with Gasteiger partial charge in [0.05, 0.1) is 17.9 Å². The zero-order valence-corrected chi connectivity index (χ0v) is 18.4. The molecule has 2 bridgehead atoms. The summed E-state index contributed by atoms with van der Waals surface area (Å²) >= 11 is 4.98. The van der Waals surface area contributed by atoms with Crippen LogP contribution in [0.3, 0.4) is 0 Å². The molecule has 2 saturated heterocycles. The molecule has 3 aliphatic rings. The number of nitrogens with one attached hydrogen (secondary N) is 1. The monoisotopic (exact) mass is 424 g/mol. The number of fused-ring (bicyclic) bond motifs is 4. The molecule has 7 nitrogen and oxygen atoms in total. The first-order chi connectivity index (χ1) is 14.4. The third kappa shape index (κ3) is 3.41. The number of piperidine rings is 1. The van der Waals surface area contributed by atoms with Crippen LogP contribution in [-0.2, 0) is 0 Å². The minimum atomic E-state index is -0.542. The Balaban J connectivity index is 1.49. The van der Waals surface area contributed by atoms with Crippen LogP contribution in [0.1, 0.15) is 25.0 Å². The zero-order valence-electron chi connectivity index (χ0n) is 17.5. The number of pyridine rings is 2. The van der Waals surface area contributed by atoms with Gasteiger partial charge in [0.1, 0.15) is 4.87 Å². The number of thiol groups is 1. The Hall–Kier alpha value is -2.32. The van der Waals surface area contributed by atoms with E-state index in [1.54, 1.807) is 4.90 Å². The van der Waals surface area contributed by atoms with Crippen molar-refractivity contribution in [1.29, 1.82) is 0 Å². The quantitative estimate of drug-likeness (QED) is 0.726. The highest BCUT2D eigenvalue weighted by atomic mass is 32.1. The van der Waals surface area contributed by atoms with Crippen molar-refractivity contribution in [2.45, 2.75) is 37.1 Å². The fourth-order valence-electron chi connectivity index (χ4n) is 4.67. The normalized spacial score (nSPS) is 24.1. The largest absolute Gasteiger partial charge is 0.365 e. The van der Waals surface area contributed by atoms with Gasteiger partial charge in [-0.2, -0.15) is 0 Å². The van der Waals surface area contributed by atoms with Crippen molar-refractivity contribution in [1.82, 2.24) is 20.2 Å². The van der Waals surface area contributed by atoms with Gasteiger partial charge in [-0.25, -0.2) is 9.78 Å². The highest BCUT2D eigenvalue weighted by molar-refractivity contribution is 7.82. The molecular formula is C22H28N6OS. The number of aryl methyl sites for hydroxylation is 1. The lowest BCUT2D eigenvalue weighted by molar-refractivity contribution is 0.215. The molecule has 0 radical (unpaired) electrons. The predicted molar refractivity (Wildman–Crippen MR) is 122 cm³/mol. The fourth-order valence-corrected chi connectivity index (χ4v) is 5.13. The van der Waals surface area contributed by atoms with Crippen molar-refractivity contribution < 1.29 is 4.79 Å². The molecule has 1 N–H and O–H groups in total. The van der Waals surface area contributed by atoms with E-state index in [0.717, 1.165) is 68.1 Å². The van der Waals surface area contributed by atoms with Crippen LogP contribution in [0.2, 0.25) is 0 Å². The van der Waals surface area contributed by atoms with E-state index in [2.05, 4.69) is 33.2 Å². The molecular weight excluding hydrogens is 396 g/mol. The second kappa shape index (κ2) is 7.42. The van der Waals surface area contributed by atoms with Crippen LogP contribution in [0.25, 0.3) is 11.3 Å². The van der Waals surface area contributed by atoms with Crippen LogP contribution in [0.5, 0.6) is 0 Å². The van der Waals surface area contributed by atoms with Gasteiger partial charge in [0.2, 0.25) is 0 Å². The van der Waals surface area contributed by atoms with Crippen LogP contribution in [0.15, 0.2) is 30.5 Å². The fraction of sp³-hybridized carbons (Fsp3) is 0.500. The molecule has 158 valence electrons. The SMILES string of the molecule is Cc1ccc(-c2ccc3c(n2)N(C(=O)NC2CCN(C)CC2)[C@@]2(S)CCN3C2)cn1. The van der Waals surface area contributed by atoms with E-state index in [4.69, 9.17) is 17.6 Å². The number of aromatic nitrogens is 2. The van der Waals surface area contributed by atoms with Crippen molar-refractivity contribution in [2.24, 2.45) is 0 Å². The van der Waals surface area contributed by atoms with Crippen molar-refractivity contribution in [3.8, 4) is 11.3 Å². The Morgan fingerprint density at radius 3 is 2.73 bits per heavy atom. The second-order valence-corrected chi connectivity index (χ2v) is 9.58. The van der Waals surface area contributed by atoms with Gasteiger partial charge in [-0.05, 0) is 70.6 Å². The number of anilines is 2. The van der Waals surface area contributed by atoms with Gasteiger partial charge in [-0.1, -0.05) is 0 Å². The van der Waals surface area contributed by atoms with Crippen molar-refractivity contribution in [3.63, 3.8) is 0 Å². The van der Waals surface area contributed by atoms with E-state index in [1.165, 1.54) is 0 Å². The summed E-state index contributed by atoms with van der Waals surface area (Å²) in [6, 6.07) is 8.20. The van der Waals surface area contributed by atoms with E-state index in [1.807, 2.05) is 31.3 Å². The molecule has 0 unspecified atom stereocenters. The molecule has 0 aromatic carbocycles. The molecule has 8 heteroatoms. The van der Waals surface area contributed by atoms with E-state index in [-0.39, 0.29) is 12.1 Å². The third-order valence-corrected chi connectivity index (χ3v) is 7.07.